The van der Waals surface area contributed by atoms with Crippen LogP contribution in [-0.4, -0.2) is 49.0 Å². The number of ether oxygens (including phenoxy) is 1. The summed E-state index contributed by atoms with van der Waals surface area (Å²) in [4.78, 5) is 27.0. The van der Waals surface area contributed by atoms with Crippen molar-refractivity contribution in [3.05, 3.63) is 61.6 Å². The minimum atomic E-state index is -0.475. The molecule has 0 bridgehead atoms. The van der Waals surface area contributed by atoms with E-state index in [9.17, 15) is 14.9 Å². The summed E-state index contributed by atoms with van der Waals surface area (Å²) in [5.74, 6) is 0.437. The van der Waals surface area contributed by atoms with Crippen LogP contribution in [-0.2, 0) is 0 Å². The standard InChI is InChI=1S/C18H17BrClN3O4/c1-27-17-5-2-12(19)10-14(17)18(24)22-8-6-21(7-9-22)16-4-3-13(23(25)26)11-15(16)20/h2-5,10-11H,6-9H2,1H3. The Morgan fingerprint density at radius 2 is 1.89 bits per heavy atom. The molecule has 1 aliphatic heterocycles. The predicted molar refractivity (Wildman–Crippen MR) is 107 cm³/mol. The Morgan fingerprint density at radius 3 is 2.48 bits per heavy atom. The minimum Gasteiger partial charge on any atom is -0.496 e. The Hall–Kier alpha value is -2.32. The van der Waals surface area contributed by atoms with Crippen LogP contribution in [0.2, 0.25) is 5.02 Å². The summed E-state index contributed by atoms with van der Waals surface area (Å²) >= 11 is 9.59. The molecule has 142 valence electrons. The smallest absolute Gasteiger partial charge is 0.271 e. The summed E-state index contributed by atoms with van der Waals surface area (Å²) < 4.78 is 6.11. The zero-order valence-corrected chi connectivity index (χ0v) is 16.9. The van der Waals surface area contributed by atoms with Gasteiger partial charge in [0.05, 0.1) is 28.3 Å². The summed E-state index contributed by atoms with van der Waals surface area (Å²) in [5, 5.41) is 11.2. The van der Waals surface area contributed by atoms with Gasteiger partial charge in [-0.2, -0.15) is 0 Å². The Bertz CT molecular complexity index is 885. The molecular weight excluding hydrogens is 438 g/mol. The molecule has 1 fully saturated rings. The normalized spacial score (nSPS) is 14.2. The number of carbonyl (C=O) groups is 1. The first kappa shape index (κ1) is 19.4. The van der Waals surface area contributed by atoms with Crippen molar-refractivity contribution < 1.29 is 14.5 Å². The van der Waals surface area contributed by atoms with Crippen LogP contribution in [0.25, 0.3) is 0 Å². The molecule has 2 aromatic rings. The van der Waals surface area contributed by atoms with Gasteiger partial charge >= 0.3 is 0 Å². The van der Waals surface area contributed by atoms with Crippen molar-refractivity contribution in [3.8, 4) is 5.75 Å². The van der Waals surface area contributed by atoms with E-state index < -0.39 is 4.92 Å². The van der Waals surface area contributed by atoms with Gasteiger partial charge in [-0.15, -0.1) is 0 Å². The first-order chi connectivity index (χ1) is 12.9. The van der Waals surface area contributed by atoms with E-state index in [4.69, 9.17) is 16.3 Å². The molecule has 0 aliphatic carbocycles. The van der Waals surface area contributed by atoms with E-state index in [1.807, 2.05) is 11.0 Å². The van der Waals surface area contributed by atoms with Gasteiger partial charge in [0.2, 0.25) is 0 Å². The molecule has 0 unspecified atom stereocenters. The van der Waals surface area contributed by atoms with Gasteiger partial charge in [-0.05, 0) is 24.3 Å². The monoisotopic (exact) mass is 453 g/mol. The first-order valence-corrected chi connectivity index (χ1v) is 9.39. The second-order valence-electron chi connectivity index (χ2n) is 6.02. The molecule has 0 N–H and O–H groups in total. The fourth-order valence-electron chi connectivity index (χ4n) is 3.03. The molecule has 0 atom stereocenters. The maximum Gasteiger partial charge on any atom is 0.271 e. The number of rotatable bonds is 4. The number of methoxy groups -OCH3 is 1. The van der Waals surface area contributed by atoms with E-state index >= 15 is 0 Å². The van der Waals surface area contributed by atoms with E-state index in [-0.39, 0.29) is 11.6 Å². The van der Waals surface area contributed by atoms with Crippen LogP contribution in [0.5, 0.6) is 5.75 Å². The summed E-state index contributed by atoms with van der Waals surface area (Å²) in [6.45, 7) is 2.20. The topological polar surface area (TPSA) is 75.9 Å². The summed E-state index contributed by atoms with van der Waals surface area (Å²) in [6.07, 6.45) is 0. The lowest BCUT2D eigenvalue weighted by Crippen LogP contribution is -2.49. The number of nitro groups is 1. The van der Waals surface area contributed by atoms with E-state index in [0.717, 1.165) is 10.2 Å². The molecular formula is C18H17BrClN3O4. The number of carbonyl (C=O) groups excluding carboxylic acids is 1. The Morgan fingerprint density at radius 1 is 1.19 bits per heavy atom. The number of hydrogen-bond acceptors (Lipinski definition) is 5. The van der Waals surface area contributed by atoms with Gasteiger partial charge in [0, 0.05) is 42.8 Å². The van der Waals surface area contributed by atoms with E-state index in [2.05, 4.69) is 15.9 Å². The van der Waals surface area contributed by atoms with E-state index in [1.54, 1.807) is 23.1 Å². The molecule has 9 heteroatoms. The van der Waals surface area contributed by atoms with Crippen molar-refractivity contribution in [1.82, 2.24) is 4.90 Å². The molecule has 0 aromatic heterocycles. The first-order valence-electron chi connectivity index (χ1n) is 8.22. The second-order valence-corrected chi connectivity index (χ2v) is 7.34. The SMILES string of the molecule is COc1ccc(Br)cc1C(=O)N1CCN(c2ccc([N+](=O)[O-])cc2Cl)CC1. The van der Waals surface area contributed by atoms with Gasteiger partial charge in [-0.3, -0.25) is 14.9 Å². The van der Waals surface area contributed by atoms with Gasteiger partial charge in [-0.1, -0.05) is 27.5 Å². The number of non-ortho nitro benzene ring substituents is 1. The van der Waals surface area contributed by atoms with Crippen LogP contribution < -0.4 is 9.64 Å². The van der Waals surface area contributed by atoms with E-state index in [1.165, 1.54) is 19.2 Å². The predicted octanol–water partition coefficient (Wildman–Crippen LogP) is 3.98. The average molecular weight is 455 g/mol. The third kappa shape index (κ3) is 4.17. The fourth-order valence-corrected chi connectivity index (χ4v) is 3.69. The molecule has 2 aromatic carbocycles. The number of anilines is 1. The van der Waals surface area contributed by atoms with Crippen LogP contribution >= 0.6 is 27.5 Å². The highest BCUT2D eigenvalue weighted by Crippen LogP contribution is 2.31. The van der Waals surface area contributed by atoms with Gasteiger partial charge in [-0.25, -0.2) is 0 Å². The molecule has 27 heavy (non-hydrogen) atoms. The molecule has 1 heterocycles. The lowest BCUT2D eigenvalue weighted by Gasteiger charge is -2.36. The lowest BCUT2D eigenvalue weighted by atomic mass is 10.1. The number of amides is 1. The van der Waals surface area contributed by atoms with Gasteiger partial charge in [0.1, 0.15) is 5.75 Å². The molecule has 7 nitrogen and oxygen atoms in total. The fraction of sp³-hybridized carbons (Fsp3) is 0.278. The van der Waals surface area contributed by atoms with Crippen LogP contribution in [0.15, 0.2) is 40.9 Å². The average Bonchev–Trinajstić information content (AvgIpc) is 2.67. The van der Waals surface area contributed by atoms with Crippen molar-refractivity contribution >= 4 is 44.8 Å². The van der Waals surface area contributed by atoms with Crippen molar-refractivity contribution in [2.75, 3.05) is 38.2 Å². The quantitative estimate of drug-likeness (QED) is 0.516. The second kappa shape index (κ2) is 8.14. The maximum absolute atomic E-state index is 12.9. The Kier molecular flexibility index (Phi) is 5.86. The zero-order chi connectivity index (χ0) is 19.6. The lowest BCUT2D eigenvalue weighted by molar-refractivity contribution is -0.384. The summed E-state index contributed by atoms with van der Waals surface area (Å²) in [7, 11) is 1.54. The number of piperazine rings is 1. The third-order valence-corrected chi connectivity index (χ3v) is 5.24. The molecule has 0 radical (unpaired) electrons. The minimum absolute atomic E-state index is 0.0423. The van der Waals surface area contributed by atoms with E-state index in [0.29, 0.717) is 42.5 Å². The molecule has 0 saturated carbocycles. The Labute approximate surface area is 169 Å². The van der Waals surface area contributed by atoms with Crippen LogP contribution in [0, 0.1) is 10.1 Å². The van der Waals surface area contributed by atoms with Crippen LogP contribution in [0.4, 0.5) is 11.4 Å². The highest BCUT2D eigenvalue weighted by atomic mass is 79.9. The maximum atomic E-state index is 12.9. The summed E-state index contributed by atoms with van der Waals surface area (Å²) in [6, 6.07) is 9.76. The third-order valence-electron chi connectivity index (χ3n) is 4.44. The number of hydrogen-bond donors (Lipinski definition) is 0. The molecule has 0 spiro atoms. The number of halogens is 2. The number of nitrogens with zero attached hydrogens (tertiary/aromatic N) is 3. The zero-order valence-electron chi connectivity index (χ0n) is 14.5. The van der Waals surface area contributed by atoms with Gasteiger partial charge < -0.3 is 14.5 Å². The largest absolute Gasteiger partial charge is 0.496 e. The highest BCUT2D eigenvalue weighted by Gasteiger charge is 2.26. The van der Waals surface area contributed by atoms with Crippen molar-refractivity contribution in [2.45, 2.75) is 0 Å². The van der Waals surface area contributed by atoms with Crippen molar-refractivity contribution in [1.29, 1.82) is 0 Å². The summed E-state index contributed by atoms with van der Waals surface area (Å²) in [5.41, 5.74) is 1.20. The van der Waals surface area contributed by atoms with Crippen molar-refractivity contribution in [3.63, 3.8) is 0 Å². The highest BCUT2D eigenvalue weighted by molar-refractivity contribution is 9.10. The molecule has 1 aliphatic rings. The molecule has 1 saturated heterocycles. The number of nitro benzene ring substituents is 1. The molecule has 1 amide bonds. The Balaban J connectivity index is 1.71. The van der Waals surface area contributed by atoms with Gasteiger partial charge in [0.25, 0.3) is 11.6 Å². The van der Waals surface area contributed by atoms with Crippen LogP contribution in [0.3, 0.4) is 0 Å². The number of benzene rings is 2. The van der Waals surface area contributed by atoms with Gasteiger partial charge in [0.15, 0.2) is 0 Å². The molecule has 3 rings (SSSR count). The van der Waals surface area contributed by atoms with Crippen LogP contribution in [0.1, 0.15) is 10.4 Å². The van der Waals surface area contributed by atoms with Crippen molar-refractivity contribution in [2.24, 2.45) is 0 Å².